The Morgan fingerprint density at radius 1 is 1.09 bits per heavy atom. The number of nitrogens with zero attached hydrogens (tertiary/aromatic N) is 4. The van der Waals surface area contributed by atoms with Gasteiger partial charge in [-0.05, 0) is 19.1 Å². The Hall–Kier alpha value is -3.47. The number of aromatic nitrogens is 3. The summed E-state index contributed by atoms with van der Waals surface area (Å²) < 4.78 is 39.3. The van der Waals surface area contributed by atoms with Crippen molar-refractivity contribution in [3.8, 4) is 23.0 Å². The van der Waals surface area contributed by atoms with E-state index in [1.54, 1.807) is 38.4 Å². The van der Waals surface area contributed by atoms with E-state index < -0.39 is 9.84 Å². The Morgan fingerprint density at radius 2 is 1.81 bits per heavy atom. The van der Waals surface area contributed by atoms with Gasteiger partial charge in [0.25, 0.3) is 5.91 Å². The highest BCUT2D eigenvalue weighted by Crippen LogP contribution is 2.27. The number of amides is 1. The third-order valence-electron chi connectivity index (χ3n) is 5.18. The number of pyridine rings is 2. The highest BCUT2D eigenvalue weighted by molar-refractivity contribution is 7.91. The number of ether oxygens (including phenoxy) is 2. The number of sulfone groups is 1. The van der Waals surface area contributed by atoms with Crippen LogP contribution < -0.4 is 9.47 Å². The van der Waals surface area contributed by atoms with Gasteiger partial charge < -0.3 is 18.9 Å². The van der Waals surface area contributed by atoms with Crippen LogP contribution in [-0.4, -0.2) is 66.1 Å². The van der Waals surface area contributed by atoms with Crippen LogP contribution in [0.4, 0.5) is 0 Å². The number of hydrogen-bond acceptors (Lipinski definition) is 9. The van der Waals surface area contributed by atoms with E-state index in [0.29, 0.717) is 28.8 Å². The van der Waals surface area contributed by atoms with Crippen LogP contribution in [0.15, 0.2) is 41.2 Å². The molecule has 3 aromatic rings. The number of carbonyl (C=O) groups excluding carboxylic acids is 1. The lowest BCUT2D eigenvalue weighted by atomic mass is 10.1. The molecule has 11 heteroatoms. The van der Waals surface area contributed by atoms with E-state index in [9.17, 15) is 13.2 Å². The lowest BCUT2D eigenvalue weighted by Gasteiger charge is -2.26. The minimum Gasteiger partial charge on any atom is -0.481 e. The van der Waals surface area contributed by atoms with E-state index in [1.807, 2.05) is 6.07 Å². The number of rotatable bonds is 6. The lowest BCUT2D eigenvalue weighted by Crippen LogP contribution is -2.43. The van der Waals surface area contributed by atoms with Crippen molar-refractivity contribution in [3.63, 3.8) is 0 Å². The smallest absolute Gasteiger partial charge is 0.255 e. The minimum atomic E-state index is -3.05. The maximum absolute atomic E-state index is 12.6. The van der Waals surface area contributed by atoms with Gasteiger partial charge in [0.1, 0.15) is 18.1 Å². The van der Waals surface area contributed by atoms with Crippen LogP contribution in [0.25, 0.3) is 11.3 Å². The summed E-state index contributed by atoms with van der Waals surface area (Å²) in [5, 5.41) is 4.10. The minimum absolute atomic E-state index is 0.0164. The van der Waals surface area contributed by atoms with Gasteiger partial charge in [-0.3, -0.25) is 4.79 Å². The molecule has 0 saturated carbocycles. The molecule has 4 rings (SSSR count). The van der Waals surface area contributed by atoms with Gasteiger partial charge in [0.15, 0.2) is 9.84 Å². The first kappa shape index (κ1) is 21.8. The van der Waals surface area contributed by atoms with Crippen molar-refractivity contribution in [3.05, 3.63) is 53.5 Å². The van der Waals surface area contributed by atoms with E-state index >= 15 is 0 Å². The summed E-state index contributed by atoms with van der Waals surface area (Å²) in [5.74, 6) is 1.17. The van der Waals surface area contributed by atoms with Crippen LogP contribution in [0.3, 0.4) is 0 Å². The fraction of sp³-hybridized carbons (Fsp3) is 0.333. The fourth-order valence-corrected chi connectivity index (χ4v) is 4.47. The van der Waals surface area contributed by atoms with Crippen molar-refractivity contribution in [2.24, 2.45) is 0 Å². The van der Waals surface area contributed by atoms with Crippen LogP contribution in [0.5, 0.6) is 11.8 Å². The van der Waals surface area contributed by atoms with Crippen molar-refractivity contribution in [2.45, 2.75) is 13.5 Å². The van der Waals surface area contributed by atoms with Crippen molar-refractivity contribution in [1.29, 1.82) is 0 Å². The monoisotopic (exact) mass is 458 g/mol. The Bertz CT molecular complexity index is 1190. The molecule has 0 radical (unpaired) electrons. The summed E-state index contributed by atoms with van der Waals surface area (Å²) in [6.45, 7) is 2.34. The number of hydrogen-bond donors (Lipinski definition) is 0. The Morgan fingerprint density at radius 3 is 2.44 bits per heavy atom. The molecule has 3 aromatic heterocycles. The molecular formula is C21H22N4O6S. The summed E-state index contributed by atoms with van der Waals surface area (Å²) in [7, 11) is -1.50. The third kappa shape index (κ3) is 4.72. The number of carbonyl (C=O) groups is 1. The largest absolute Gasteiger partial charge is 0.481 e. The average Bonchev–Trinajstić information content (AvgIpc) is 3.18. The second kappa shape index (κ2) is 8.95. The molecule has 10 nitrogen and oxygen atoms in total. The molecule has 168 valence electrons. The first-order valence-corrected chi connectivity index (χ1v) is 11.7. The fourth-order valence-electron chi connectivity index (χ4n) is 3.27. The molecule has 0 aromatic carbocycles. The van der Waals surface area contributed by atoms with E-state index in [0.717, 1.165) is 11.1 Å². The van der Waals surface area contributed by atoms with Crippen LogP contribution >= 0.6 is 0 Å². The predicted molar refractivity (Wildman–Crippen MR) is 114 cm³/mol. The standard InChI is InChI=1S/C21H22N4O6S/c1-14-17(20(24-31-14)15-3-5-18(29-2)22-11-15)13-30-19-6-4-16(12-23-19)21(26)25-7-9-32(27,28)10-8-25/h3-6,11-12H,7-10,13H2,1-2H3. The van der Waals surface area contributed by atoms with Gasteiger partial charge in [0, 0.05) is 43.2 Å². The third-order valence-corrected chi connectivity index (χ3v) is 6.79. The molecule has 4 heterocycles. The summed E-state index contributed by atoms with van der Waals surface area (Å²) >= 11 is 0. The summed E-state index contributed by atoms with van der Waals surface area (Å²) in [4.78, 5) is 22.5. The molecule has 1 amide bonds. The molecule has 0 aliphatic carbocycles. The molecule has 1 aliphatic rings. The molecule has 32 heavy (non-hydrogen) atoms. The van der Waals surface area contributed by atoms with Gasteiger partial charge in [0.2, 0.25) is 11.8 Å². The Balaban J connectivity index is 1.42. The van der Waals surface area contributed by atoms with Crippen molar-refractivity contribution in [2.75, 3.05) is 31.7 Å². The van der Waals surface area contributed by atoms with Gasteiger partial charge >= 0.3 is 0 Å². The molecule has 0 unspecified atom stereocenters. The molecule has 0 N–H and O–H groups in total. The summed E-state index contributed by atoms with van der Waals surface area (Å²) in [6.07, 6.45) is 3.07. The van der Waals surface area contributed by atoms with E-state index in [4.69, 9.17) is 14.0 Å². The zero-order chi connectivity index (χ0) is 22.7. The highest BCUT2D eigenvalue weighted by atomic mass is 32.2. The normalized spacial score (nSPS) is 15.4. The van der Waals surface area contributed by atoms with Crippen molar-refractivity contribution < 1.29 is 27.2 Å². The van der Waals surface area contributed by atoms with Crippen molar-refractivity contribution in [1.82, 2.24) is 20.0 Å². The second-order valence-corrected chi connectivity index (χ2v) is 9.58. The van der Waals surface area contributed by atoms with Gasteiger partial charge in [-0.2, -0.15) is 0 Å². The zero-order valence-corrected chi connectivity index (χ0v) is 18.5. The maximum atomic E-state index is 12.6. The molecule has 0 atom stereocenters. The van der Waals surface area contributed by atoms with Gasteiger partial charge in [0.05, 0.1) is 29.7 Å². The van der Waals surface area contributed by atoms with Gasteiger partial charge in [-0.15, -0.1) is 0 Å². The first-order valence-electron chi connectivity index (χ1n) is 9.90. The topological polar surface area (TPSA) is 125 Å². The number of aryl methyl sites for hydroxylation is 1. The zero-order valence-electron chi connectivity index (χ0n) is 17.6. The molecule has 1 fully saturated rings. The van der Waals surface area contributed by atoms with Crippen LogP contribution in [0, 0.1) is 6.92 Å². The SMILES string of the molecule is COc1ccc(-c2noc(C)c2COc2ccc(C(=O)N3CCS(=O)(=O)CC3)cn2)cn1. The Kier molecular flexibility index (Phi) is 6.08. The molecule has 0 bridgehead atoms. The lowest BCUT2D eigenvalue weighted by molar-refractivity contribution is 0.0769. The number of methoxy groups -OCH3 is 1. The van der Waals surface area contributed by atoms with Crippen molar-refractivity contribution >= 4 is 15.7 Å². The van der Waals surface area contributed by atoms with Gasteiger partial charge in [-0.25, -0.2) is 18.4 Å². The molecule has 0 spiro atoms. The quantitative estimate of drug-likeness (QED) is 0.544. The van der Waals surface area contributed by atoms with Crippen LogP contribution in [-0.2, 0) is 16.4 Å². The predicted octanol–water partition coefficient (Wildman–Crippen LogP) is 1.90. The maximum Gasteiger partial charge on any atom is 0.255 e. The molecule has 1 saturated heterocycles. The second-order valence-electron chi connectivity index (χ2n) is 7.27. The van der Waals surface area contributed by atoms with E-state index in [-0.39, 0.29) is 37.1 Å². The average molecular weight is 458 g/mol. The van der Waals surface area contributed by atoms with E-state index in [1.165, 1.54) is 11.1 Å². The summed E-state index contributed by atoms with van der Waals surface area (Å²) in [5.41, 5.74) is 2.51. The van der Waals surface area contributed by atoms with Crippen LogP contribution in [0.2, 0.25) is 0 Å². The Labute approximate surface area is 185 Å². The molecule has 1 aliphatic heterocycles. The van der Waals surface area contributed by atoms with Gasteiger partial charge in [-0.1, -0.05) is 5.16 Å². The first-order chi connectivity index (χ1) is 15.4. The molecular weight excluding hydrogens is 436 g/mol. The summed E-state index contributed by atoms with van der Waals surface area (Å²) in [6, 6.07) is 6.78. The highest BCUT2D eigenvalue weighted by Gasteiger charge is 2.26. The van der Waals surface area contributed by atoms with Crippen LogP contribution in [0.1, 0.15) is 21.7 Å². The van der Waals surface area contributed by atoms with E-state index in [2.05, 4.69) is 15.1 Å².